The predicted molar refractivity (Wildman–Crippen MR) is 91.6 cm³/mol. The highest BCUT2D eigenvalue weighted by molar-refractivity contribution is 9.09. The summed E-state index contributed by atoms with van der Waals surface area (Å²) in [4.78, 5) is 0. The van der Waals surface area contributed by atoms with E-state index >= 15 is 0 Å². The minimum atomic E-state index is 0.303. The number of hydrogen-bond donors (Lipinski definition) is 0. The number of ether oxygens (including phenoxy) is 1. The number of para-hydroxylation sites is 1. The van der Waals surface area contributed by atoms with E-state index in [0.29, 0.717) is 12.0 Å². The van der Waals surface area contributed by atoms with Gasteiger partial charge in [0.05, 0.1) is 0 Å². The first-order valence-electron chi connectivity index (χ1n) is 7.29. The van der Waals surface area contributed by atoms with Crippen LogP contribution in [-0.4, -0.2) is 11.4 Å². The Morgan fingerprint density at radius 1 is 1.14 bits per heavy atom. The maximum absolute atomic E-state index is 6.05. The van der Waals surface area contributed by atoms with Gasteiger partial charge in [0.1, 0.15) is 11.9 Å². The van der Waals surface area contributed by atoms with Crippen LogP contribution in [0.4, 0.5) is 0 Å². The summed E-state index contributed by atoms with van der Waals surface area (Å²) in [5, 5.41) is 1.79. The highest BCUT2D eigenvalue weighted by Crippen LogP contribution is 2.32. The lowest BCUT2D eigenvalue weighted by Gasteiger charge is -2.18. The average molecular weight is 366 g/mol. The summed E-state index contributed by atoms with van der Waals surface area (Å²) in [6, 6.07) is 16.5. The highest BCUT2D eigenvalue weighted by atomic mass is 79.9. The van der Waals surface area contributed by atoms with Gasteiger partial charge in [-0.1, -0.05) is 57.9 Å². The molecule has 2 atom stereocenters. The Bertz CT molecular complexity index is 571. The SMILES string of the molecule is Clc1ccc(CC(CBr)CC2Cc3ccccc3O2)cc1. The summed E-state index contributed by atoms with van der Waals surface area (Å²) in [7, 11) is 0. The fraction of sp³-hybridized carbons (Fsp3) is 0.333. The predicted octanol–water partition coefficient (Wildman–Crippen LogP) is 5.29. The van der Waals surface area contributed by atoms with E-state index in [-0.39, 0.29) is 0 Å². The van der Waals surface area contributed by atoms with Gasteiger partial charge in [-0.2, -0.15) is 0 Å². The fourth-order valence-corrected chi connectivity index (χ4v) is 3.53. The van der Waals surface area contributed by atoms with E-state index in [9.17, 15) is 0 Å². The van der Waals surface area contributed by atoms with Crippen molar-refractivity contribution in [3.8, 4) is 5.75 Å². The maximum Gasteiger partial charge on any atom is 0.123 e. The first-order valence-corrected chi connectivity index (χ1v) is 8.79. The summed E-state index contributed by atoms with van der Waals surface area (Å²) in [6.45, 7) is 0. The van der Waals surface area contributed by atoms with E-state index in [2.05, 4.69) is 46.3 Å². The summed E-state index contributed by atoms with van der Waals surface area (Å²) < 4.78 is 6.05. The molecule has 3 heteroatoms. The van der Waals surface area contributed by atoms with E-state index in [1.165, 1.54) is 11.1 Å². The second-order valence-electron chi connectivity index (χ2n) is 5.64. The Balaban J connectivity index is 1.60. The minimum absolute atomic E-state index is 0.303. The van der Waals surface area contributed by atoms with E-state index in [4.69, 9.17) is 16.3 Å². The highest BCUT2D eigenvalue weighted by Gasteiger charge is 2.25. The van der Waals surface area contributed by atoms with Gasteiger partial charge >= 0.3 is 0 Å². The van der Waals surface area contributed by atoms with Gasteiger partial charge in [0.15, 0.2) is 0 Å². The molecule has 0 fully saturated rings. The van der Waals surface area contributed by atoms with Crippen molar-refractivity contribution in [1.29, 1.82) is 0 Å². The summed E-state index contributed by atoms with van der Waals surface area (Å²) in [6.07, 6.45) is 3.46. The molecule has 0 radical (unpaired) electrons. The quantitative estimate of drug-likeness (QED) is 0.654. The molecule has 21 heavy (non-hydrogen) atoms. The van der Waals surface area contributed by atoms with Crippen LogP contribution in [0.2, 0.25) is 5.02 Å². The number of fused-ring (bicyclic) bond motifs is 1. The molecule has 1 aliphatic rings. The second kappa shape index (κ2) is 6.85. The molecule has 2 unspecified atom stereocenters. The van der Waals surface area contributed by atoms with E-state index in [1.54, 1.807) is 0 Å². The lowest BCUT2D eigenvalue weighted by molar-refractivity contribution is 0.199. The smallest absolute Gasteiger partial charge is 0.123 e. The molecule has 0 saturated carbocycles. The normalized spacial score (nSPS) is 18.1. The van der Waals surface area contributed by atoms with Crippen molar-refractivity contribution in [3.05, 3.63) is 64.7 Å². The van der Waals surface area contributed by atoms with Crippen LogP contribution in [0.3, 0.4) is 0 Å². The molecule has 110 valence electrons. The first-order chi connectivity index (χ1) is 10.2. The third-order valence-electron chi connectivity index (χ3n) is 3.97. The zero-order valence-corrected chi connectivity index (χ0v) is 14.1. The Kier molecular flexibility index (Phi) is 4.87. The van der Waals surface area contributed by atoms with Crippen LogP contribution in [0.25, 0.3) is 0 Å². The van der Waals surface area contributed by atoms with Crippen molar-refractivity contribution < 1.29 is 4.74 Å². The number of hydrogen-bond acceptors (Lipinski definition) is 1. The van der Waals surface area contributed by atoms with Gasteiger partial charge in [0.25, 0.3) is 0 Å². The standard InChI is InChI=1S/C18H18BrClO/c19-12-14(9-13-5-7-16(20)8-6-13)10-17-11-15-3-1-2-4-18(15)21-17/h1-8,14,17H,9-12H2. The molecule has 3 rings (SSSR count). The molecule has 0 aliphatic carbocycles. The van der Waals surface area contributed by atoms with Crippen LogP contribution in [0.15, 0.2) is 48.5 Å². The van der Waals surface area contributed by atoms with Gasteiger partial charge in [-0.3, -0.25) is 0 Å². The van der Waals surface area contributed by atoms with E-state index < -0.39 is 0 Å². The van der Waals surface area contributed by atoms with Crippen LogP contribution in [0.1, 0.15) is 17.5 Å². The van der Waals surface area contributed by atoms with Crippen LogP contribution in [0, 0.1) is 5.92 Å². The van der Waals surface area contributed by atoms with Gasteiger partial charge in [-0.15, -0.1) is 0 Å². The number of halogens is 2. The Morgan fingerprint density at radius 2 is 1.90 bits per heavy atom. The molecular weight excluding hydrogens is 348 g/mol. The van der Waals surface area contributed by atoms with E-state index in [1.807, 2.05) is 18.2 Å². The molecule has 1 heterocycles. The van der Waals surface area contributed by atoms with Gasteiger partial charge in [0.2, 0.25) is 0 Å². The van der Waals surface area contributed by atoms with Crippen molar-refractivity contribution in [2.24, 2.45) is 5.92 Å². The Morgan fingerprint density at radius 3 is 2.62 bits per heavy atom. The van der Waals surface area contributed by atoms with Gasteiger partial charge in [0, 0.05) is 16.8 Å². The molecule has 1 aliphatic heterocycles. The molecular formula is C18H18BrClO. The lowest BCUT2D eigenvalue weighted by atomic mass is 9.94. The summed E-state index contributed by atoms with van der Waals surface area (Å²) in [5.74, 6) is 1.63. The third kappa shape index (κ3) is 3.81. The van der Waals surface area contributed by atoms with Crippen molar-refractivity contribution in [2.45, 2.75) is 25.4 Å². The monoisotopic (exact) mass is 364 g/mol. The zero-order valence-electron chi connectivity index (χ0n) is 11.8. The molecule has 0 N–H and O–H groups in total. The van der Waals surface area contributed by atoms with Crippen LogP contribution in [-0.2, 0) is 12.8 Å². The van der Waals surface area contributed by atoms with E-state index in [0.717, 1.165) is 35.4 Å². The Hall–Kier alpha value is -0.990. The van der Waals surface area contributed by atoms with Crippen molar-refractivity contribution in [3.63, 3.8) is 0 Å². The lowest BCUT2D eigenvalue weighted by Crippen LogP contribution is -2.20. The molecule has 2 aromatic rings. The third-order valence-corrected chi connectivity index (χ3v) is 5.13. The molecule has 0 spiro atoms. The van der Waals surface area contributed by atoms with Gasteiger partial charge in [-0.25, -0.2) is 0 Å². The molecule has 2 aromatic carbocycles. The zero-order chi connectivity index (χ0) is 14.7. The van der Waals surface area contributed by atoms with Gasteiger partial charge < -0.3 is 4.74 Å². The van der Waals surface area contributed by atoms with Crippen molar-refractivity contribution >= 4 is 27.5 Å². The summed E-state index contributed by atoms with van der Waals surface area (Å²) in [5.41, 5.74) is 2.67. The molecule has 0 amide bonds. The molecule has 0 saturated heterocycles. The van der Waals surface area contributed by atoms with Crippen molar-refractivity contribution in [1.82, 2.24) is 0 Å². The largest absolute Gasteiger partial charge is 0.490 e. The van der Waals surface area contributed by atoms with Gasteiger partial charge in [-0.05, 0) is 48.1 Å². The Labute approximate surface area is 139 Å². The molecule has 1 nitrogen and oxygen atoms in total. The number of alkyl halides is 1. The second-order valence-corrected chi connectivity index (χ2v) is 6.72. The maximum atomic E-state index is 6.05. The van der Waals surface area contributed by atoms with Crippen LogP contribution < -0.4 is 4.74 Å². The van der Waals surface area contributed by atoms with Crippen LogP contribution in [0.5, 0.6) is 5.75 Å². The minimum Gasteiger partial charge on any atom is -0.490 e. The number of benzene rings is 2. The van der Waals surface area contributed by atoms with Crippen molar-refractivity contribution in [2.75, 3.05) is 5.33 Å². The van der Waals surface area contributed by atoms with Crippen LogP contribution >= 0.6 is 27.5 Å². The molecule has 0 aromatic heterocycles. The number of rotatable bonds is 5. The first kappa shape index (κ1) is 14.9. The average Bonchev–Trinajstić information content (AvgIpc) is 2.91. The molecule has 0 bridgehead atoms. The fourth-order valence-electron chi connectivity index (χ4n) is 2.91. The topological polar surface area (TPSA) is 9.23 Å². The summed E-state index contributed by atoms with van der Waals surface area (Å²) >= 11 is 9.59.